The number of hydrogen-bond donors (Lipinski definition) is 2. The molecule has 5 rings (SSSR count). The Morgan fingerprint density at radius 1 is 0.946 bits per heavy atom. The molecule has 4 aromatic rings. The molecule has 37 heavy (non-hydrogen) atoms. The van der Waals surface area contributed by atoms with Crippen LogP contribution in [0.3, 0.4) is 0 Å². The van der Waals surface area contributed by atoms with E-state index in [2.05, 4.69) is 20.5 Å². The van der Waals surface area contributed by atoms with Gasteiger partial charge in [-0.3, -0.25) is 10.1 Å². The molecule has 0 atom stereocenters. The first-order valence-corrected chi connectivity index (χ1v) is 11.4. The average Bonchev–Trinajstić information content (AvgIpc) is 3.36. The molecule has 0 radical (unpaired) electrons. The van der Waals surface area contributed by atoms with Gasteiger partial charge in [0.15, 0.2) is 5.82 Å². The summed E-state index contributed by atoms with van der Waals surface area (Å²) in [6.07, 6.45) is -3.53. The van der Waals surface area contributed by atoms with E-state index in [0.29, 0.717) is 24.6 Å². The topological polar surface area (TPSA) is 103 Å². The van der Waals surface area contributed by atoms with Gasteiger partial charge in [0, 0.05) is 49.6 Å². The van der Waals surface area contributed by atoms with Gasteiger partial charge in [0.2, 0.25) is 5.88 Å². The third kappa shape index (κ3) is 5.32. The summed E-state index contributed by atoms with van der Waals surface area (Å²) in [6, 6.07) is 15.2. The number of hydrogen-bond acceptors (Lipinski definition) is 6. The molecule has 0 aliphatic carbocycles. The Morgan fingerprint density at radius 2 is 1.73 bits per heavy atom. The van der Waals surface area contributed by atoms with Gasteiger partial charge >= 0.3 is 12.3 Å². The summed E-state index contributed by atoms with van der Waals surface area (Å²) in [5, 5.41) is 11.7. The van der Waals surface area contributed by atoms with Crippen LogP contribution in [0, 0.1) is 0 Å². The number of fused-ring (bicyclic) bond motifs is 1. The van der Waals surface area contributed by atoms with Crippen molar-refractivity contribution in [2.75, 3.05) is 36.4 Å². The minimum atomic E-state index is -4.61. The molecule has 3 heterocycles. The number of aromatic nitrogens is 3. The van der Waals surface area contributed by atoms with Crippen molar-refractivity contribution in [2.45, 2.75) is 6.18 Å². The van der Waals surface area contributed by atoms with Gasteiger partial charge in [-0.25, -0.2) is 4.79 Å². The van der Waals surface area contributed by atoms with Gasteiger partial charge in [0.05, 0.1) is 11.1 Å². The van der Waals surface area contributed by atoms with Crippen molar-refractivity contribution in [2.24, 2.45) is 0 Å². The molecular weight excluding hydrogens is 489 g/mol. The van der Waals surface area contributed by atoms with E-state index < -0.39 is 23.7 Å². The lowest BCUT2D eigenvalue weighted by Crippen LogP contribution is -2.49. The highest BCUT2D eigenvalue weighted by Crippen LogP contribution is 2.32. The summed E-state index contributed by atoms with van der Waals surface area (Å²) in [7, 11) is 0. The van der Waals surface area contributed by atoms with Crippen LogP contribution in [0.1, 0.15) is 15.9 Å². The van der Waals surface area contributed by atoms with Crippen LogP contribution in [0.5, 0.6) is 5.88 Å². The van der Waals surface area contributed by atoms with Crippen molar-refractivity contribution in [1.29, 1.82) is 0 Å². The van der Waals surface area contributed by atoms with E-state index in [1.54, 1.807) is 24.4 Å². The molecular formula is C25H21F3N6O3. The van der Waals surface area contributed by atoms with Gasteiger partial charge in [-0.05, 0) is 41.8 Å². The maximum absolute atomic E-state index is 13.3. The van der Waals surface area contributed by atoms with E-state index in [0.717, 1.165) is 17.0 Å². The van der Waals surface area contributed by atoms with Crippen LogP contribution in [0.2, 0.25) is 0 Å². The number of H-pyrrole nitrogens is 1. The predicted molar refractivity (Wildman–Crippen MR) is 130 cm³/mol. The highest BCUT2D eigenvalue weighted by Gasteiger charge is 2.36. The molecule has 190 valence electrons. The standard InChI is InChI=1S/C25H21F3N6O3/c26-25(27,28)19-4-2-1-3-18(19)23(35)34-13-11-33(12-14-34)21-7-8-22(32-31-21)37-24(36)30-17-6-5-16-9-10-29-20(16)15-17/h1-10,15,29H,11-14H2,(H,30,36). The highest BCUT2D eigenvalue weighted by atomic mass is 19.4. The number of benzene rings is 2. The first-order valence-electron chi connectivity index (χ1n) is 11.4. The lowest BCUT2D eigenvalue weighted by atomic mass is 10.1. The SMILES string of the molecule is O=C(Nc1ccc2cc[nH]c2c1)Oc1ccc(N2CCN(C(=O)c3ccccc3C(F)(F)F)CC2)nn1. The van der Waals surface area contributed by atoms with E-state index >= 15 is 0 Å². The Kier molecular flexibility index (Phi) is 6.38. The fourth-order valence-corrected chi connectivity index (χ4v) is 4.13. The van der Waals surface area contributed by atoms with Crippen molar-refractivity contribution in [3.05, 3.63) is 78.0 Å². The van der Waals surface area contributed by atoms with Crippen LogP contribution in [-0.4, -0.2) is 58.3 Å². The molecule has 2 aromatic carbocycles. The number of nitrogens with one attached hydrogen (secondary N) is 2. The van der Waals surface area contributed by atoms with Crippen molar-refractivity contribution < 1.29 is 27.5 Å². The summed E-state index contributed by atoms with van der Waals surface area (Å²) in [6.45, 7) is 1.16. The summed E-state index contributed by atoms with van der Waals surface area (Å²) >= 11 is 0. The Morgan fingerprint density at radius 3 is 2.46 bits per heavy atom. The minimum Gasteiger partial charge on any atom is -0.389 e. The number of amides is 2. The predicted octanol–water partition coefficient (Wildman–Crippen LogP) is 4.55. The molecule has 1 saturated heterocycles. The molecule has 0 spiro atoms. The van der Waals surface area contributed by atoms with Crippen LogP contribution in [-0.2, 0) is 6.18 Å². The second-order valence-corrected chi connectivity index (χ2v) is 8.35. The van der Waals surface area contributed by atoms with Crippen LogP contribution in [0.15, 0.2) is 66.9 Å². The Hall–Kier alpha value is -4.61. The largest absolute Gasteiger partial charge is 0.418 e. The molecule has 1 aliphatic heterocycles. The summed E-state index contributed by atoms with van der Waals surface area (Å²) < 4.78 is 45.1. The Balaban J connectivity index is 1.16. The fraction of sp³-hybridized carbons (Fsp3) is 0.200. The maximum Gasteiger partial charge on any atom is 0.418 e. The van der Waals surface area contributed by atoms with Gasteiger partial charge in [0.1, 0.15) is 0 Å². The number of piperazine rings is 1. The van der Waals surface area contributed by atoms with Gasteiger partial charge in [-0.15, -0.1) is 10.2 Å². The van der Waals surface area contributed by atoms with Crippen molar-refractivity contribution in [3.63, 3.8) is 0 Å². The molecule has 9 nitrogen and oxygen atoms in total. The van der Waals surface area contributed by atoms with E-state index in [4.69, 9.17) is 4.74 Å². The molecule has 1 aliphatic rings. The van der Waals surface area contributed by atoms with Crippen molar-refractivity contribution in [1.82, 2.24) is 20.1 Å². The number of ether oxygens (including phenoxy) is 1. The smallest absolute Gasteiger partial charge is 0.389 e. The molecule has 1 fully saturated rings. The summed E-state index contributed by atoms with van der Waals surface area (Å²) in [5.41, 5.74) is 0.108. The van der Waals surface area contributed by atoms with Crippen LogP contribution >= 0.6 is 0 Å². The second kappa shape index (κ2) is 9.80. The summed E-state index contributed by atoms with van der Waals surface area (Å²) in [5.74, 6) is -0.170. The Bertz CT molecular complexity index is 1430. The first kappa shape index (κ1) is 24.1. The van der Waals surface area contributed by atoms with Gasteiger partial charge < -0.3 is 19.5 Å². The Labute approximate surface area is 208 Å². The van der Waals surface area contributed by atoms with Crippen LogP contribution in [0.25, 0.3) is 10.9 Å². The molecule has 2 N–H and O–H groups in total. The third-order valence-corrected chi connectivity index (χ3v) is 5.98. The average molecular weight is 510 g/mol. The number of alkyl halides is 3. The van der Waals surface area contributed by atoms with E-state index in [-0.39, 0.29) is 24.5 Å². The quantitative estimate of drug-likeness (QED) is 0.418. The monoisotopic (exact) mass is 510 g/mol. The molecule has 2 aromatic heterocycles. The minimum absolute atomic E-state index is 0.000210. The van der Waals surface area contributed by atoms with E-state index in [9.17, 15) is 22.8 Å². The normalized spacial score (nSPS) is 14.0. The number of anilines is 2. The van der Waals surface area contributed by atoms with Gasteiger partial charge in [0.25, 0.3) is 5.91 Å². The fourth-order valence-electron chi connectivity index (χ4n) is 4.13. The number of aromatic amines is 1. The number of carbonyl (C=O) groups excluding carboxylic acids is 2. The molecule has 0 saturated carbocycles. The zero-order chi connectivity index (χ0) is 26.0. The van der Waals surface area contributed by atoms with Gasteiger partial charge in [-0.1, -0.05) is 18.2 Å². The van der Waals surface area contributed by atoms with Crippen LogP contribution in [0.4, 0.5) is 29.5 Å². The molecule has 12 heteroatoms. The molecule has 0 bridgehead atoms. The van der Waals surface area contributed by atoms with Crippen molar-refractivity contribution >= 4 is 34.4 Å². The molecule has 2 amide bonds. The van der Waals surface area contributed by atoms with Gasteiger partial charge in [-0.2, -0.15) is 13.2 Å². The highest BCUT2D eigenvalue weighted by molar-refractivity contribution is 5.96. The summed E-state index contributed by atoms with van der Waals surface area (Å²) in [4.78, 5) is 31.3. The lowest BCUT2D eigenvalue weighted by Gasteiger charge is -2.35. The van der Waals surface area contributed by atoms with Crippen LogP contribution < -0.4 is 15.0 Å². The lowest BCUT2D eigenvalue weighted by molar-refractivity contribution is -0.138. The number of nitrogens with zero attached hydrogens (tertiary/aromatic N) is 4. The van der Waals surface area contributed by atoms with E-state index in [1.807, 2.05) is 17.0 Å². The zero-order valence-electron chi connectivity index (χ0n) is 19.3. The molecule has 0 unspecified atom stereocenters. The number of rotatable bonds is 4. The maximum atomic E-state index is 13.3. The van der Waals surface area contributed by atoms with E-state index in [1.165, 1.54) is 29.2 Å². The number of carbonyl (C=O) groups is 2. The zero-order valence-corrected chi connectivity index (χ0v) is 19.3. The third-order valence-electron chi connectivity index (χ3n) is 5.98. The number of halogens is 3. The van der Waals surface area contributed by atoms with Crippen molar-refractivity contribution in [3.8, 4) is 5.88 Å². The first-order chi connectivity index (χ1) is 17.8. The second-order valence-electron chi connectivity index (χ2n) is 8.35.